The van der Waals surface area contributed by atoms with Crippen molar-refractivity contribution in [2.75, 3.05) is 13.7 Å². The van der Waals surface area contributed by atoms with Gasteiger partial charge in [-0.15, -0.1) is 0 Å². The van der Waals surface area contributed by atoms with E-state index in [1.165, 1.54) is 0 Å². The number of carbonyl (C=O) groups is 2. The van der Waals surface area contributed by atoms with E-state index in [2.05, 4.69) is 19.2 Å². The summed E-state index contributed by atoms with van der Waals surface area (Å²) in [5.41, 5.74) is 2.52. The van der Waals surface area contributed by atoms with Crippen LogP contribution >= 0.6 is 0 Å². The third-order valence-corrected chi connectivity index (χ3v) is 4.14. The van der Waals surface area contributed by atoms with Crippen LogP contribution in [0.25, 0.3) is 0 Å². The molecule has 0 bridgehead atoms. The highest BCUT2D eigenvalue weighted by molar-refractivity contribution is 5.91. The van der Waals surface area contributed by atoms with Crippen molar-refractivity contribution in [3.05, 3.63) is 65.2 Å². The molecule has 5 heteroatoms. The number of carbonyl (C=O) groups excluding carboxylic acids is 2. The lowest BCUT2D eigenvalue weighted by molar-refractivity contribution is -0.124. The molecular weight excluding hydrogens is 330 g/mol. The molecule has 0 saturated carbocycles. The van der Waals surface area contributed by atoms with Gasteiger partial charge in [0.25, 0.3) is 5.91 Å². The predicted octanol–water partition coefficient (Wildman–Crippen LogP) is 3.85. The molecule has 1 atom stereocenters. The number of hydrogen-bond donors (Lipinski definition) is 1. The molecular formula is C21H25NO4. The van der Waals surface area contributed by atoms with Crippen molar-refractivity contribution in [1.82, 2.24) is 5.32 Å². The number of nitrogens with one attached hydrogen (secondary N) is 1. The highest BCUT2D eigenvalue weighted by Gasteiger charge is 2.13. The van der Waals surface area contributed by atoms with Crippen LogP contribution in [0.4, 0.5) is 0 Å². The molecule has 138 valence electrons. The number of amides is 1. The van der Waals surface area contributed by atoms with E-state index in [0.717, 1.165) is 16.9 Å². The highest BCUT2D eigenvalue weighted by Crippen LogP contribution is 2.17. The Morgan fingerprint density at radius 1 is 0.923 bits per heavy atom. The van der Waals surface area contributed by atoms with Crippen molar-refractivity contribution in [3.63, 3.8) is 0 Å². The Balaban J connectivity index is 1.84. The number of methoxy groups -OCH3 is 1. The van der Waals surface area contributed by atoms with Crippen LogP contribution in [0.2, 0.25) is 0 Å². The van der Waals surface area contributed by atoms with Gasteiger partial charge in [-0.25, -0.2) is 4.79 Å². The minimum absolute atomic E-state index is 0.197. The summed E-state index contributed by atoms with van der Waals surface area (Å²) in [6.07, 6.45) is 0. The number of esters is 1. The van der Waals surface area contributed by atoms with Crippen molar-refractivity contribution < 1.29 is 19.1 Å². The second kappa shape index (κ2) is 9.04. The molecule has 0 aromatic heterocycles. The van der Waals surface area contributed by atoms with E-state index >= 15 is 0 Å². The van der Waals surface area contributed by atoms with E-state index in [0.29, 0.717) is 11.5 Å². The predicted molar refractivity (Wildman–Crippen MR) is 100 cm³/mol. The molecule has 2 aromatic carbocycles. The maximum absolute atomic E-state index is 12.0. The second-order valence-corrected chi connectivity index (χ2v) is 6.42. The molecule has 0 saturated heterocycles. The molecule has 0 fully saturated rings. The zero-order chi connectivity index (χ0) is 19.1. The first-order valence-electron chi connectivity index (χ1n) is 8.61. The van der Waals surface area contributed by atoms with E-state index in [4.69, 9.17) is 9.47 Å². The summed E-state index contributed by atoms with van der Waals surface area (Å²) < 4.78 is 10.2. The first kappa shape index (κ1) is 19.5. The fraction of sp³-hybridized carbons (Fsp3) is 0.333. The zero-order valence-electron chi connectivity index (χ0n) is 15.6. The normalized spacial score (nSPS) is 11.7. The maximum atomic E-state index is 12.0. The Kier molecular flexibility index (Phi) is 6.78. The molecule has 5 nitrogen and oxygen atoms in total. The van der Waals surface area contributed by atoms with Crippen molar-refractivity contribution in [3.8, 4) is 5.75 Å². The van der Waals surface area contributed by atoms with Crippen LogP contribution in [0.1, 0.15) is 54.2 Å². The van der Waals surface area contributed by atoms with Crippen LogP contribution < -0.4 is 10.1 Å². The van der Waals surface area contributed by atoms with Crippen LogP contribution in [-0.4, -0.2) is 25.6 Å². The smallest absolute Gasteiger partial charge is 0.338 e. The van der Waals surface area contributed by atoms with Gasteiger partial charge in [0, 0.05) is 0 Å². The Morgan fingerprint density at radius 2 is 1.50 bits per heavy atom. The van der Waals surface area contributed by atoms with Gasteiger partial charge in [-0.1, -0.05) is 38.1 Å². The summed E-state index contributed by atoms with van der Waals surface area (Å²) in [7, 11) is 1.60. The monoisotopic (exact) mass is 355 g/mol. The lowest BCUT2D eigenvalue weighted by Gasteiger charge is -2.15. The number of benzene rings is 2. The van der Waals surface area contributed by atoms with Gasteiger partial charge in [0.1, 0.15) is 5.75 Å². The lowest BCUT2D eigenvalue weighted by Crippen LogP contribution is -2.31. The van der Waals surface area contributed by atoms with E-state index < -0.39 is 5.97 Å². The SMILES string of the molecule is COc1ccc(C(C)NC(=O)COC(=O)c2ccc(C(C)C)cc2)cc1. The summed E-state index contributed by atoms with van der Waals surface area (Å²) >= 11 is 0. The van der Waals surface area contributed by atoms with Crippen LogP contribution in [0.3, 0.4) is 0 Å². The van der Waals surface area contributed by atoms with E-state index in [1.807, 2.05) is 43.3 Å². The Morgan fingerprint density at radius 3 is 2.04 bits per heavy atom. The van der Waals surface area contributed by atoms with E-state index in [1.54, 1.807) is 19.2 Å². The standard InChI is InChI=1S/C21H25NO4/c1-14(2)16-5-7-18(8-6-16)21(24)26-13-20(23)22-15(3)17-9-11-19(25-4)12-10-17/h5-12,14-15H,13H2,1-4H3,(H,22,23). The Bertz CT molecular complexity index is 736. The van der Waals surface area contributed by atoms with E-state index in [-0.39, 0.29) is 18.6 Å². The highest BCUT2D eigenvalue weighted by atomic mass is 16.5. The first-order valence-corrected chi connectivity index (χ1v) is 8.61. The summed E-state index contributed by atoms with van der Waals surface area (Å²) in [6, 6.07) is 14.5. The van der Waals surface area contributed by atoms with Crippen molar-refractivity contribution in [1.29, 1.82) is 0 Å². The number of rotatable bonds is 7. The largest absolute Gasteiger partial charge is 0.497 e. The van der Waals surface area contributed by atoms with Crippen molar-refractivity contribution in [2.24, 2.45) is 0 Å². The minimum Gasteiger partial charge on any atom is -0.497 e. The Hall–Kier alpha value is -2.82. The fourth-order valence-corrected chi connectivity index (χ4v) is 2.48. The topological polar surface area (TPSA) is 64.6 Å². The molecule has 1 unspecified atom stereocenters. The average Bonchev–Trinajstić information content (AvgIpc) is 2.66. The first-order chi connectivity index (χ1) is 12.4. The summed E-state index contributed by atoms with van der Waals surface area (Å²) in [4.78, 5) is 24.1. The van der Waals surface area contributed by atoms with Gasteiger partial charge in [0.05, 0.1) is 18.7 Å². The number of hydrogen-bond acceptors (Lipinski definition) is 4. The van der Waals surface area contributed by atoms with Crippen LogP contribution in [0.5, 0.6) is 5.75 Å². The fourth-order valence-electron chi connectivity index (χ4n) is 2.48. The molecule has 1 N–H and O–H groups in total. The Labute approximate surface area is 154 Å². The van der Waals surface area contributed by atoms with Gasteiger partial charge in [0.2, 0.25) is 0 Å². The maximum Gasteiger partial charge on any atom is 0.338 e. The molecule has 0 aliphatic rings. The molecule has 0 radical (unpaired) electrons. The summed E-state index contributed by atoms with van der Waals surface area (Å²) in [5, 5.41) is 2.81. The van der Waals surface area contributed by atoms with Gasteiger partial charge >= 0.3 is 5.97 Å². The van der Waals surface area contributed by atoms with Gasteiger partial charge in [-0.05, 0) is 48.2 Å². The molecule has 0 heterocycles. The molecule has 0 aliphatic carbocycles. The average molecular weight is 355 g/mol. The van der Waals surface area contributed by atoms with Crippen molar-refractivity contribution in [2.45, 2.75) is 32.7 Å². The quantitative estimate of drug-likeness (QED) is 0.766. The molecule has 2 aromatic rings. The summed E-state index contributed by atoms with van der Waals surface area (Å²) in [6.45, 7) is 5.72. The van der Waals surface area contributed by atoms with Gasteiger partial charge < -0.3 is 14.8 Å². The van der Waals surface area contributed by atoms with Gasteiger partial charge in [0.15, 0.2) is 6.61 Å². The summed E-state index contributed by atoms with van der Waals surface area (Å²) in [5.74, 6) is 0.294. The van der Waals surface area contributed by atoms with Crippen molar-refractivity contribution >= 4 is 11.9 Å². The molecule has 26 heavy (non-hydrogen) atoms. The van der Waals surface area contributed by atoms with E-state index in [9.17, 15) is 9.59 Å². The number of ether oxygens (including phenoxy) is 2. The van der Waals surface area contributed by atoms with Crippen LogP contribution in [0.15, 0.2) is 48.5 Å². The minimum atomic E-state index is -0.507. The van der Waals surface area contributed by atoms with Crippen LogP contribution in [-0.2, 0) is 9.53 Å². The van der Waals surface area contributed by atoms with Gasteiger partial charge in [-0.3, -0.25) is 4.79 Å². The lowest BCUT2D eigenvalue weighted by atomic mass is 10.0. The molecule has 0 spiro atoms. The second-order valence-electron chi connectivity index (χ2n) is 6.42. The molecule has 0 aliphatic heterocycles. The molecule has 2 rings (SSSR count). The molecule has 1 amide bonds. The van der Waals surface area contributed by atoms with Crippen LogP contribution in [0, 0.1) is 0 Å². The zero-order valence-corrected chi connectivity index (χ0v) is 15.6. The van der Waals surface area contributed by atoms with Gasteiger partial charge in [-0.2, -0.15) is 0 Å². The third kappa shape index (κ3) is 5.34. The third-order valence-electron chi connectivity index (χ3n) is 4.14.